The van der Waals surface area contributed by atoms with Gasteiger partial charge < -0.3 is 16.0 Å². The molecule has 33 heavy (non-hydrogen) atoms. The summed E-state index contributed by atoms with van der Waals surface area (Å²) in [5.74, 6) is -2.25. The highest BCUT2D eigenvalue weighted by Gasteiger charge is 2.35. The number of aromatic amines is 1. The Kier molecular flexibility index (Phi) is 5.80. The summed E-state index contributed by atoms with van der Waals surface area (Å²) in [6, 6.07) is 10.7. The molecule has 0 bridgehead atoms. The average molecular weight is 469 g/mol. The third kappa shape index (κ3) is 4.67. The number of hydrogen-bond donors (Lipinski definition) is 4. The Morgan fingerprint density at radius 2 is 1.94 bits per heavy atom. The topological polar surface area (TPSA) is 159 Å². The van der Waals surface area contributed by atoms with Crippen molar-refractivity contribution in [2.45, 2.75) is 19.3 Å². The zero-order chi connectivity index (χ0) is 23.7. The van der Waals surface area contributed by atoms with Gasteiger partial charge in [-0.25, -0.2) is 0 Å². The van der Waals surface area contributed by atoms with Crippen molar-refractivity contribution in [3.05, 3.63) is 79.1 Å². The summed E-state index contributed by atoms with van der Waals surface area (Å²) in [6.07, 6.45) is -0.276. The summed E-state index contributed by atoms with van der Waals surface area (Å²) in [7, 11) is 0. The Labute approximate surface area is 191 Å². The Bertz CT molecular complexity index is 1340. The fourth-order valence-corrected chi connectivity index (χ4v) is 3.53. The van der Waals surface area contributed by atoms with Crippen molar-refractivity contribution < 1.29 is 14.5 Å². The van der Waals surface area contributed by atoms with Gasteiger partial charge in [-0.15, -0.1) is 0 Å². The summed E-state index contributed by atoms with van der Waals surface area (Å²) in [5.41, 5.74) is 0.593. The number of nitro groups is 1. The molecule has 12 heteroatoms. The van der Waals surface area contributed by atoms with Gasteiger partial charge in [-0.2, -0.15) is 4.98 Å². The first-order chi connectivity index (χ1) is 15.7. The number of carbonyl (C=O) groups excluding carboxylic acids is 2. The molecule has 2 aromatic carbocycles. The number of aryl methyl sites for hydroxylation is 1. The number of amides is 2. The predicted octanol–water partition coefficient (Wildman–Crippen LogP) is 3.45. The number of H-pyrrole nitrogens is 1. The third-order valence-electron chi connectivity index (χ3n) is 5.06. The van der Waals surface area contributed by atoms with E-state index >= 15 is 0 Å². The standard InChI is InChI=1S/C21H17ClN6O5/c1-10-2-7-13(28(32)33)8-15(10)24-19(30)14-9-16(29)25-18-17(14)20(31)27-21(26-18)23-12-5-3-11(22)4-6-12/h2-8,14H,9H2,1H3,(H,24,30)(H3,23,25,26,27,29,31). The maximum Gasteiger partial charge on any atom is 0.271 e. The van der Waals surface area contributed by atoms with Crippen LogP contribution in [0.4, 0.5) is 28.8 Å². The number of carbonyl (C=O) groups is 2. The molecule has 0 saturated heterocycles. The maximum absolute atomic E-state index is 13.0. The highest BCUT2D eigenvalue weighted by molar-refractivity contribution is 6.30. The van der Waals surface area contributed by atoms with Crippen LogP contribution in [0.3, 0.4) is 0 Å². The molecule has 0 spiro atoms. The van der Waals surface area contributed by atoms with Crippen LogP contribution >= 0.6 is 11.6 Å². The van der Waals surface area contributed by atoms with E-state index in [0.717, 1.165) is 0 Å². The van der Waals surface area contributed by atoms with Crippen LogP contribution in [0.15, 0.2) is 47.3 Å². The van der Waals surface area contributed by atoms with E-state index in [1.54, 1.807) is 31.2 Å². The molecule has 1 unspecified atom stereocenters. The summed E-state index contributed by atoms with van der Waals surface area (Å²) < 4.78 is 0. The minimum absolute atomic E-state index is 0.00293. The molecule has 0 fully saturated rings. The zero-order valence-electron chi connectivity index (χ0n) is 17.1. The highest BCUT2D eigenvalue weighted by atomic mass is 35.5. The van der Waals surface area contributed by atoms with Gasteiger partial charge in [-0.05, 0) is 36.8 Å². The molecule has 168 valence electrons. The van der Waals surface area contributed by atoms with Gasteiger partial charge >= 0.3 is 0 Å². The van der Waals surface area contributed by atoms with E-state index < -0.39 is 28.2 Å². The highest BCUT2D eigenvalue weighted by Crippen LogP contribution is 2.31. The van der Waals surface area contributed by atoms with Crippen LogP contribution in [-0.2, 0) is 9.59 Å². The Balaban J connectivity index is 1.64. The second kappa shape index (κ2) is 8.71. The number of anilines is 4. The zero-order valence-corrected chi connectivity index (χ0v) is 17.9. The molecule has 1 aromatic heterocycles. The van der Waals surface area contributed by atoms with Gasteiger partial charge in [0.2, 0.25) is 17.8 Å². The number of nitrogens with one attached hydrogen (secondary N) is 4. The van der Waals surface area contributed by atoms with Crippen LogP contribution in [0.25, 0.3) is 0 Å². The third-order valence-corrected chi connectivity index (χ3v) is 5.32. The van der Waals surface area contributed by atoms with Gasteiger partial charge in [0, 0.05) is 29.3 Å². The maximum atomic E-state index is 13.0. The number of fused-ring (bicyclic) bond motifs is 1. The lowest BCUT2D eigenvalue weighted by atomic mass is 9.92. The lowest BCUT2D eigenvalue weighted by molar-refractivity contribution is -0.384. The van der Waals surface area contributed by atoms with Crippen molar-refractivity contribution in [3.63, 3.8) is 0 Å². The summed E-state index contributed by atoms with van der Waals surface area (Å²) in [5, 5.41) is 19.6. The fourth-order valence-electron chi connectivity index (χ4n) is 3.40. The number of nitro benzene ring substituents is 1. The number of aromatic nitrogens is 2. The van der Waals surface area contributed by atoms with Gasteiger partial charge in [0.05, 0.1) is 22.1 Å². The fraction of sp³-hybridized carbons (Fsp3) is 0.143. The van der Waals surface area contributed by atoms with Crippen molar-refractivity contribution in [1.29, 1.82) is 0 Å². The van der Waals surface area contributed by atoms with Crippen molar-refractivity contribution in [2.75, 3.05) is 16.0 Å². The molecule has 4 rings (SSSR count). The molecule has 1 aliphatic heterocycles. The second-order valence-corrected chi connectivity index (χ2v) is 7.80. The number of benzene rings is 2. The predicted molar refractivity (Wildman–Crippen MR) is 122 cm³/mol. The molecule has 0 radical (unpaired) electrons. The Morgan fingerprint density at radius 1 is 1.21 bits per heavy atom. The number of rotatable bonds is 5. The van der Waals surface area contributed by atoms with Crippen molar-refractivity contribution in [2.24, 2.45) is 0 Å². The molecule has 1 aliphatic rings. The number of halogens is 1. The van der Waals surface area contributed by atoms with Crippen LogP contribution in [-0.4, -0.2) is 26.7 Å². The molecular formula is C21H17ClN6O5. The molecule has 0 aliphatic carbocycles. The Hall–Kier alpha value is -4.25. The van der Waals surface area contributed by atoms with Crippen LogP contribution < -0.4 is 21.5 Å². The summed E-state index contributed by atoms with van der Waals surface area (Å²) in [4.78, 5) is 55.4. The monoisotopic (exact) mass is 468 g/mol. The number of nitrogens with zero attached hydrogens (tertiary/aromatic N) is 2. The second-order valence-electron chi connectivity index (χ2n) is 7.36. The largest absolute Gasteiger partial charge is 0.326 e. The van der Waals surface area contributed by atoms with Gasteiger partial charge in [0.1, 0.15) is 5.82 Å². The molecule has 3 aromatic rings. The van der Waals surface area contributed by atoms with Gasteiger partial charge in [0.25, 0.3) is 11.2 Å². The molecule has 2 amide bonds. The van der Waals surface area contributed by atoms with E-state index in [1.165, 1.54) is 18.2 Å². The molecule has 0 saturated carbocycles. The van der Waals surface area contributed by atoms with Crippen LogP contribution in [0, 0.1) is 17.0 Å². The first-order valence-corrected chi connectivity index (χ1v) is 10.1. The van der Waals surface area contributed by atoms with E-state index in [2.05, 4.69) is 25.9 Å². The Morgan fingerprint density at radius 3 is 2.64 bits per heavy atom. The first-order valence-electron chi connectivity index (χ1n) is 9.74. The van der Waals surface area contributed by atoms with Crippen molar-refractivity contribution in [3.8, 4) is 0 Å². The van der Waals surface area contributed by atoms with Crippen LogP contribution in [0.5, 0.6) is 0 Å². The normalized spacial score (nSPS) is 14.7. The molecule has 1 atom stereocenters. The van der Waals surface area contributed by atoms with Gasteiger partial charge in [-0.3, -0.25) is 29.5 Å². The lowest BCUT2D eigenvalue weighted by Crippen LogP contribution is -2.36. The quantitative estimate of drug-likeness (QED) is 0.329. The van der Waals surface area contributed by atoms with Crippen LogP contribution in [0.2, 0.25) is 5.02 Å². The lowest BCUT2D eigenvalue weighted by Gasteiger charge is -2.24. The molecule has 4 N–H and O–H groups in total. The van der Waals surface area contributed by atoms with Crippen molar-refractivity contribution in [1.82, 2.24) is 9.97 Å². The van der Waals surface area contributed by atoms with E-state index in [1.807, 2.05) is 0 Å². The average Bonchev–Trinajstić information content (AvgIpc) is 2.75. The molecular weight excluding hydrogens is 452 g/mol. The number of hydrogen-bond acceptors (Lipinski definition) is 7. The minimum atomic E-state index is -1.13. The molecule has 11 nitrogen and oxygen atoms in total. The van der Waals surface area contributed by atoms with Gasteiger partial charge in [0.15, 0.2) is 0 Å². The van der Waals surface area contributed by atoms with Gasteiger partial charge in [-0.1, -0.05) is 17.7 Å². The number of non-ortho nitro benzene ring substituents is 1. The summed E-state index contributed by atoms with van der Waals surface area (Å²) in [6.45, 7) is 1.67. The van der Waals surface area contributed by atoms with E-state index in [9.17, 15) is 24.5 Å². The molecule has 2 heterocycles. The van der Waals surface area contributed by atoms with E-state index in [-0.39, 0.29) is 35.1 Å². The minimum Gasteiger partial charge on any atom is -0.326 e. The SMILES string of the molecule is Cc1ccc([N+](=O)[O-])cc1NC(=O)C1CC(=O)Nc2nc(Nc3ccc(Cl)cc3)[nH]c(=O)c21. The van der Waals surface area contributed by atoms with E-state index in [0.29, 0.717) is 16.3 Å². The first kappa shape index (κ1) is 22.0. The van der Waals surface area contributed by atoms with Crippen LogP contribution in [0.1, 0.15) is 23.5 Å². The summed E-state index contributed by atoms with van der Waals surface area (Å²) >= 11 is 5.87. The van der Waals surface area contributed by atoms with Crippen molar-refractivity contribution >= 4 is 52.2 Å². The van der Waals surface area contributed by atoms with E-state index in [4.69, 9.17) is 11.6 Å². The smallest absolute Gasteiger partial charge is 0.271 e.